The fraction of sp³-hybridized carbons (Fsp3) is 0.486. The zero-order chi connectivity index (χ0) is 33.3. The molecule has 12 heteroatoms. The molecule has 1 unspecified atom stereocenters. The SMILES string of the molecule is CC(C)CC1c2ccc(C#Cc3cc(-c4nn(CCCN5CCOCC5)c5c4CN(S(C)(=O)=O)CC5)ccc3Cl)cc2CN1C(=O)O. The van der Waals surface area contributed by atoms with E-state index >= 15 is 0 Å². The van der Waals surface area contributed by atoms with Crippen LogP contribution in [0.5, 0.6) is 0 Å². The Morgan fingerprint density at radius 3 is 2.60 bits per heavy atom. The lowest BCUT2D eigenvalue weighted by Crippen LogP contribution is -2.37. The number of ether oxygens (including phenoxy) is 1. The Hall–Kier alpha value is -3.40. The molecule has 3 aliphatic rings. The molecule has 1 aromatic heterocycles. The van der Waals surface area contributed by atoms with E-state index in [1.165, 1.54) is 15.5 Å². The maximum Gasteiger partial charge on any atom is 0.408 e. The Bertz CT molecular complexity index is 1820. The van der Waals surface area contributed by atoms with Crippen LogP contribution in [0.25, 0.3) is 11.3 Å². The molecule has 0 spiro atoms. The molecule has 1 N–H and O–H groups in total. The Morgan fingerprint density at radius 2 is 1.87 bits per heavy atom. The van der Waals surface area contributed by atoms with Gasteiger partial charge in [-0.05, 0) is 54.2 Å². The van der Waals surface area contributed by atoms with Crippen LogP contribution >= 0.6 is 11.6 Å². The van der Waals surface area contributed by atoms with Crippen LogP contribution in [0.15, 0.2) is 36.4 Å². The van der Waals surface area contributed by atoms with E-state index < -0.39 is 16.1 Å². The lowest BCUT2D eigenvalue weighted by atomic mass is 9.95. The third-order valence-electron chi connectivity index (χ3n) is 9.26. The predicted octanol–water partition coefficient (Wildman–Crippen LogP) is 5.22. The van der Waals surface area contributed by atoms with E-state index in [1.54, 1.807) is 0 Å². The molecular formula is C35H42ClN5O5S. The van der Waals surface area contributed by atoms with Crippen LogP contribution in [0.2, 0.25) is 5.02 Å². The van der Waals surface area contributed by atoms with Gasteiger partial charge in [0.1, 0.15) is 0 Å². The van der Waals surface area contributed by atoms with Crippen LogP contribution in [0.3, 0.4) is 0 Å². The van der Waals surface area contributed by atoms with E-state index in [1.807, 2.05) is 36.4 Å². The van der Waals surface area contributed by atoms with E-state index in [9.17, 15) is 18.3 Å². The van der Waals surface area contributed by atoms with E-state index in [-0.39, 0.29) is 12.6 Å². The van der Waals surface area contributed by atoms with Crippen molar-refractivity contribution < 1.29 is 23.1 Å². The first-order chi connectivity index (χ1) is 22.5. The zero-order valence-corrected chi connectivity index (χ0v) is 28.8. The molecule has 6 rings (SSSR count). The van der Waals surface area contributed by atoms with Gasteiger partial charge in [-0.1, -0.05) is 49.4 Å². The van der Waals surface area contributed by atoms with Crippen molar-refractivity contribution in [1.82, 2.24) is 23.9 Å². The number of morpholine rings is 1. The van der Waals surface area contributed by atoms with Crippen LogP contribution in [-0.4, -0.2) is 89.2 Å². The second-order valence-corrected chi connectivity index (χ2v) is 15.5. The van der Waals surface area contributed by atoms with Gasteiger partial charge in [0.15, 0.2) is 0 Å². The second-order valence-electron chi connectivity index (χ2n) is 13.1. The maximum atomic E-state index is 12.5. The molecule has 0 aliphatic carbocycles. The molecule has 47 heavy (non-hydrogen) atoms. The van der Waals surface area contributed by atoms with Gasteiger partial charge in [0.25, 0.3) is 0 Å². The number of carbonyl (C=O) groups is 1. The molecule has 0 saturated carbocycles. The average molecular weight is 680 g/mol. The summed E-state index contributed by atoms with van der Waals surface area (Å²) in [5.74, 6) is 6.83. The van der Waals surface area contributed by atoms with Gasteiger partial charge in [-0.2, -0.15) is 9.40 Å². The summed E-state index contributed by atoms with van der Waals surface area (Å²) in [6.45, 7) is 10.4. The first-order valence-corrected chi connectivity index (χ1v) is 18.5. The molecule has 2 aromatic carbocycles. The Kier molecular flexibility index (Phi) is 9.97. The van der Waals surface area contributed by atoms with Gasteiger partial charge in [-0.3, -0.25) is 14.5 Å². The minimum absolute atomic E-state index is 0.153. The fourth-order valence-electron chi connectivity index (χ4n) is 6.85. The highest BCUT2D eigenvalue weighted by molar-refractivity contribution is 7.88. The lowest BCUT2D eigenvalue weighted by Gasteiger charge is -2.27. The summed E-state index contributed by atoms with van der Waals surface area (Å²) in [5, 5.41) is 15.4. The summed E-state index contributed by atoms with van der Waals surface area (Å²) >= 11 is 6.64. The number of hydrogen-bond acceptors (Lipinski definition) is 6. The number of sulfonamides is 1. The molecule has 0 radical (unpaired) electrons. The number of benzene rings is 2. The Labute approximate surface area is 282 Å². The molecule has 10 nitrogen and oxygen atoms in total. The van der Waals surface area contributed by atoms with Crippen molar-refractivity contribution in [3.8, 4) is 23.1 Å². The van der Waals surface area contributed by atoms with Gasteiger partial charge >= 0.3 is 6.09 Å². The van der Waals surface area contributed by atoms with Crippen molar-refractivity contribution in [2.75, 3.05) is 45.6 Å². The number of hydrogen-bond donors (Lipinski definition) is 1. The summed E-state index contributed by atoms with van der Waals surface area (Å²) in [6, 6.07) is 11.4. The van der Waals surface area contributed by atoms with Crippen molar-refractivity contribution in [2.45, 2.75) is 58.8 Å². The number of aryl methyl sites for hydroxylation is 1. The molecule has 1 fully saturated rings. The normalized spacial score (nSPS) is 18.6. The average Bonchev–Trinajstić information content (AvgIpc) is 3.58. The van der Waals surface area contributed by atoms with Crippen molar-refractivity contribution in [1.29, 1.82) is 0 Å². The van der Waals surface area contributed by atoms with E-state index in [0.29, 0.717) is 36.0 Å². The fourth-order valence-corrected chi connectivity index (χ4v) is 7.80. The predicted molar refractivity (Wildman–Crippen MR) is 182 cm³/mol. The molecule has 1 atom stereocenters. The number of rotatable bonds is 8. The Balaban J connectivity index is 1.28. The third-order valence-corrected chi connectivity index (χ3v) is 10.8. The highest BCUT2D eigenvalue weighted by Crippen LogP contribution is 2.38. The number of aromatic nitrogens is 2. The van der Waals surface area contributed by atoms with Crippen LogP contribution in [0.4, 0.5) is 4.79 Å². The van der Waals surface area contributed by atoms with Crippen molar-refractivity contribution in [3.05, 3.63) is 74.9 Å². The molecule has 0 bridgehead atoms. The maximum absolute atomic E-state index is 12.5. The summed E-state index contributed by atoms with van der Waals surface area (Å²) in [5.41, 5.74) is 7.03. The number of amides is 1. The van der Waals surface area contributed by atoms with E-state index in [0.717, 1.165) is 91.4 Å². The molecule has 1 amide bonds. The highest BCUT2D eigenvalue weighted by Gasteiger charge is 2.34. The minimum atomic E-state index is -3.37. The quantitative estimate of drug-likeness (QED) is 0.325. The summed E-state index contributed by atoms with van der Waals surface area (Å²) in [6.07, 6.45) is 2.64. The topological polar surface area (TPSA) is 108 Å². The van der Waals surface area contributed by atoms with E-state index in [2.05, 4.69) is 35.3 Å². The molecule has 3 aromatic rings. The van der Waals surface area contributed by atoms with Crippen LogP contribution in [0.1, 0.15) is 66.2 Å². The second kappa shape index (κ2) is 14.0. The number of nitrogens with zero attached hydrogens (tertiary/aromatic N) is 5. The first-order valence-electron chi connectivity index (χ1n) is 16.3. The molecule has 3 aliphatic heterocycles. The highest BCUT2D eigenvalue weighted by atomic mass is 35.5. The lowest BCUT2D eigenvalue weighted by molar-refractivity contribution is 0.0368. The number of carboxylic acid groups (broad SMARTS) is 1. The van der Waals surface area contributed by atoms with Gasteiger partial charge in [-0.25, -0.2) is 13.2 Å². The standard InChI is InChI=1S/C35H42ClN5O5S/c1-24(2)19-33-29-9-6-25(20-28(29)22-40(33)35(42)43)5-7-26-21-27(8-10-31(26)36)34-30-23-39(47(3,44)45)14-11-32(30)41(37-34)13-4-12-38-15-17-46-18-16-38/h6,8-10,20-21,24,33H,4,11-19,22-23H2,1-3H3,(H,42,43). The van der Waals surface area contributed by atoms with Gasteiger partial charge in [0.2, 0.25) is 10.0 Å². The monoisotopic (exact) mass is 679 g/mol. The summed E-state index contributed by atoms with van der Waals surface area (Å²) in [4.78, 5) is 15.9. The minimum Gasteiger partial charge on any atom is -0.465 e. The van der Waals surface area contributed by atoms with E-state index in [4.69, 9.17) is 21.4 Å². The molecule has 1 saturated heterocycles. The largest absolute Gasteiger partial charge is 0.465 e. The van der Waals surface area contributed by atoms with Crippen molar-refractivity contribution in [2.24, 2.45) is 5.92 Å². The summed E-state index contributed by atoms with van der Waals surface area (Å²) < 4.78 is 34.1. The van der Waals surface area contributed by atoms with Gasteiger partial charge in [-0.15, -0.1) is 0 Å². The van der Waals surface area contributed by atoms with Crippen LogP contribution in [0, 0.1) is 17.8 Å². The van der Waals surface area contributed by atoms with Crippen LogP contribution < -0.4 is 0 Å². The van der Waals surface area contributed by atoms with Gasteiger partial charge < -0.3 is 9.84 Å². The molecule has 4 heterocycles. The molecular weight excluding hydrogens is 638 g/mol. The van der Waals surface area contributed by atoms with Gasteiger partial charge in [0.05, 0.1) is 42.8 Å². The van der Waals surface area contributed by atoms with Gasteiger partial charge in [0, 0.05) is 73.6 Å². The smallest absolute Gasteiger partial charge is 0.408 e. The summed E-state index contributed by atoms with van der Waals surface area (Å²) in [7, 11) is -3.37. The third kappa shape index (κ3) is 7.53. The number of fused-ring (bicyclic) bond motifs is 2. The number of halogens is 1. The van der Waals surface area contributed by atoms with Crippen LogP contribution in [-0.2, 0) is 40.8 Å². The zero-order valence-electron chi connectivity index (χ0n) is 27.2. The first kappa shape index (κ1) is 33.5. The van der Waals surface area contributed by atoms with Crippen molar-refractivity contribution >= 4 is 27.7 Å². The van der Waals surface area contributed by atoms with Crippen molar-refractivity contribution in [3.63, 3.8) is 0 Å². The molecule has 250 valence electrons. The Morgan fingerprint density at radius 1 is 1.09 bits per heavy atom.